The first-order valence-electron chi connectivity index (χ1n) is 2.71. The van der Waals surface area contributed by atoms with Gasteiger partial charge in [-0.25, -0.2) is 4.39 Å². The van der Waals surface area contributed by atoms with Crippen molar-refractivity contribution in [1.82, 2.24) is 5.32 Å². The largest absolute Gasteiger partial charge is 0.481 e. The maximum absolute atomic E-state index is 11.9. The van der Waals surface area contributed by atoms with Gasteiger partial charge in [-0.05, 0) is 0 Å². The molecule has 3 nitrogen and oxygen atoms in total. The van der Waals surface area contributed by atoms with Gasteiger partial charge < -0.3 is 10.4 Å². The quantitative estimate of drug-likeness (QED) is 0.614. The van der Waals surface area contributed by atoms with Crippen molar-refractivity contribution in [3.63, 3.8) is 0 Å². The molecule has 0 aromatic heterocycles. The molecule has 5 heteroatoms. The molecular weight excluding hydrogens is 161 g/mol. The monoisotopic (exact) mass is 169 g/mol. The predicted octanol–water partition coefficient (Wildman–Crippen LogP) is 0.0519. The summed E-state index contributed by atoms with van der Waals surface area (Å²) in [6, 6.07) is 0. The van der Waals surface area contributed by atoms with Crippen molar-refractivity contribution in [3.8, 4) is 0 Å². The zero-order valence-electron chi connectivity index (χ0n) is 5.26. The van der Waals surface area contributed by atoms with Crippen LogP contribution in [0.4, 0.5) is 4.39 Å². The van der Waals surface area contributed by atoms with Gasteiger partial charge in [0.15, 0.2) is 0 Å². The molecule has 1 aliphatic heterocycles. The Bertz CT molecular complexity index is 132. The highest BCUT2D eigenvalue weighted by molar-refractivity contribution is 5.85. The van der Waals surface area contributed by atoms with E-state index in [-0.39, 0.29) is 25.5 Å². The van der Waals surface area contributed by atoms with E-state index >= 15 is 0 Å². The first-order valence-corrected chi connectivity index (χ1v) is 2.71. The number of hydrogen-bond acceptors (Lipinski definition) is 2. The van der Waals surface area contributed by atoms with Crippen molar-refractivity contribution in [3.05, 3.63) is 0 Å². The van der Waals surface area contributed by atoms with Crippen LogP contribution < -0.4 is 5.32 Å². The average molecular weight is 170 g/mol. The van der Waals surface area contributed by atoms with Crippen LogP contribution in [0.3, 0.4) is 0 Å². The van der Waals surface area contributed by atoms with E-state index in [4.69, 9.17) is 5.11 Å². The molecule has 0 spiro atoms. The SMILES string of the molecule is Cl.O=C(O)C1(CF)CNC1. The van der Waals surface area contributed by atoms with Crippen molar-refractivity contribution in [2.45, 2.75) is 0 Å². The first-order chi connectivity index (χ1) is 4.21. The van der Waals surface area contributed by atoms with Gasteiger partial charge in [-0.3, -0.25) is 4.79 Å². The minimum Gasteiger partial charge on any atom is -0.481 e. The van der Waals surface area contributed by atoms with Crippen molar-refractivity contribution in [2.75, 3.05) is 19.8 Å². The predicted molar refractivity (Wildman–Crippen MR) is 36.2 cm³/mol. The maximum Gasteiger partial charge on any atom is 0.314 e. The van der Waals surface area contributed by atoms with E-state index in [1.807, 2.05) is 0 Å². The molecule has 1 saturated heterocycles. The maximum atomic E-state index is 11.9. The number of carbonyl (C=O) groups is 1. The van der Waals surface area contributed by atoms with E-state index in [0.717, 1.165) is 0 Å². The smallest absolute Gasteiger partial charge is 0.314 e. The normalized spacial score (nSPS) is 20.5. The van der Waals surface area contributed by atoms with Crippen LogP contribution in [0.15, 0.2) is 0 Å². The van der Waals surface area contributed by atoms with Crippen molar-refractivity contribution >= 4 is 18.4 Å². The number of hydrogen-bond donors (Lipinski definition) is 2. The van der Waals surface area contributed by atoms with Crippen LogP contribution in [0.25, 0.3) is 0 Å². The molecule has 60 valence electrons. The Hall–Kier alpha value is -0.350. The second kappa shape index (κ2) is 3.16. The van der Waals surface area contributed by atoms with Crippen LogP contribution in [0.2, 0.25) is 0 Å². The lowest BCUT2D eigenvalue weighted by atomic mass is 9.83. The summed E-state index contributed by atoms with van der Waals surface area (Å²) in [7, 11) is 0. The third-order valence-electron chi connectivity index (χ3n) is 1.64. The third-order valence-corrected chi connectivity index (χ3v) is 1.64. The second-order valence-corrected chi connectivity index (χ2v) is 2.32. The molecule has 0 aromatic carbocycles. The average Bonchev–Trinajstić information content (AvgIpc) is 1.62. The summed E-state index contributed by atoms with van der Waals surface area (Å²) >= 11 is 0. The molecule has 0 bridgehead atoms. The Morgan fingerprint density at radius 3 is 2.20 bits per heavy atom. The van der Waals surface area contributed by atoms with E-state index in [1.165, 1.54) is 0 Å². The number of rotatable bonds is 2. The Labute approximate surface area is 64.0 Å². The molecule has 0 aliphatic carbocycles. The fraction of sp³-hybridized carbons (Fsp3) is 0.800. The second-order valence-electron chi connectivity index (χ2n) is 2.32. The van der Waals surface area contributed by atoms with Gasteiger partial charge in [0.2, 0.25) is 0 Å². The highest BCUT2D eigenvalue weighted by Crippen LogP contribution is 2.22. The van der Waals surface area contributed by atoms with Gasteiger partial charge in [0.05, 0.1) is 0 Å². The highest BCUT2D eigenvalue weighted by atomic mass is 35.5. The lowest BCUT2D eigenvalue weighted by Crippen LogP contribution is -2.59. The fourth-order valence-electron chi connectivity index (χ4n) is 0.730. The summed E-state index contributed by atoms with van der Waals surface area (Å²) in [5, 5.41) is 11.1. The van der Waals surface area contributed by atoms with E-state index < -0.39 is 18.1 Å². The molecule has 2 N–H and O–H groups in total. The number of nitrogens with one attached hydrogen (secondary N) is 1. The van der Waals surface area contributed by atoms with Crippen molar-refractivity contribution in [2.24, 2.45) is 5.41 Å². The van der Waals surface area contributed by atoms with E-state index in [9.17, 15) is 9.18 Å². The van der Waals surface area contributed by atoms with Gasteiger partial charge in [0, 0.05) is 13.1 Å². The minimum absolute atomic E-state index is 0. The molecule has 0 radical (unpaired) electrons. The van der Waals surface area contributed by atoms with Crippen molar-refractivity contribution < 1.29 is 14.3 Å². The summed E-state index contributed by atoms with van der Waals surface area (Å²) in [6.45, 7) is -0.243. The Morgan fingerprint density at radius 1 is 1.70 bits per heavy atom. The Morgan fingerprint density at radius 2 is 2.20 bits per heavy atom. The molecular formula is C5H9ClFNO2. The highest BCUT2D eigenvalue weighted by Gasteiger charge is 2.44. The number of carboxylic acid groups (broad SMARTS) is 1. The van der Waals surface area contributed by atoms with Gasteiger partial charge in [-0.1, -0.05) is 0 Å². The molecule has 0 amide bonds. The van der Waals surface area contributed by atoms with Gasteiger partial charge >= 0.3 is 5.97 Å². The van der Waals surface area contributed by atoms with Crippen LogP contribution in [0.1, 0.15) is 0 Å². The summed E-state index contributed by atoms with van der Waals surface area (Å²) in [5.74, 6) is -1.04. The summed E-state index contributed by atoms with van der Waals surface area (Å²) in [5.41, 5.74) is -1.10. The van der Waals surface area contributed by atoms with Gasteiger partial charge in [-0.2, -0.15) is 0 Å². The van der Waals surface area contributed by atoms with E-state index in [1.54, 1.807) is 0 Å². The van der Waals surface area contributed by atoms with E-state index in [2.05, 4.69) is 5.32 Å². The molecule has 0 atom stereocenters. The van der Waals surface area contributed by atoms with Crippen LogP contribution in [0, 0.1) is 5.41 Å². The van der Waals surface area contributed by atoms with Gasteiger partial charge in [-0.15, -0.1) is 12.4 Å². The van der Waals surface area contributed by atoms with Crippen LogP contribution >= 0.6 is 12.4 Å². The van der Waals surface area contributed by atoms with Crippen LogP contribution in [0.5, 0.6) is 0 Å². The molecule has 1 heterocycles. The summed E-state index contributed by atoms with van der Waals surface area (Å²) in [6.07, 6.45) is 0. The standard InChI is InChI=1S/C5H8FNO2.ClH/c6-1-5(4(8)9)2-7-3-5;/h7H,1-3H2,(H,8,9);1H. The lowest BCUT2D eigenvalue weighted by molar-refractivity contribution is -0.153. The zero-order chi connectivity index (χ0) is 6.91. The van der Waals surface area contributed by atoms with Crippen LogP contribution in [-0.2, 0) is 4.79 Å². The molecule has 1 aliphatic rings. The number of carboxylic acids is 1. The van der Waals surface area contributed by atoms with E-state index in [0.29, 0.717) is 0 Å². The Balaban J connectivity index is 0.000000810. The van der Waals surface area contributed by atoms with Crippen LogP contribution in [-0.4, -0.2) is 30.8 Å². The summed E-state index contributed by atoms with van der Waals surface area (Å²) < 4.78 is 11.9. The zero-order valence-corrected chi connectivity index (χ0v) is 6.08. The lowest BCUT2D eigenvalue weighted by Gasteiger charge is -2.35. The number of alkyl halides is 1. The Kier molecular flexibility index (Phi) is 3.05. The summed E-state index contributed by atoms with van der Waals surface area (Å²) in [4.78, 5) is 10.3. The van der Waals surface area contributed by atoms with Gasteiger partial charge in [0.1, 0.15) is 12.1 Å². The topological polar surface area (TPSA) is 49.3 Å². The minimum atomic E-state index is -1.10. The van der Waals surface area contributed by atoms with Crippen molar-refractivity contribution in [1.29, 1.82) is 0 Å². The fourth-order valence-corrected chi connectivity index (χ4v) is 0.730. The molecule has 0 unspecified atom stereocenters. The number of aliphatic carboxylic acids is 1. The third kappa shape index (κ3) is 1.22. The molecule has 1 rings (SSSR count). The number of halogens is 2. The molecule has 0 saturated carbocycles. The molecule has 10 heavy (non-hydrogen) atoms. The molecule has 0 aromatic rings. The molecule has 1 fully saturated rings. The first kappa shape index (κ1) is 9.65. The van der Waals surface area contributed by atoms with Gasteiger partial charge in [0.25, 0.3) is 0 Å².